The van der Waals surface area contributed by atoms with Gasteiger partial charge in [-0.15, -0.1) is 0 Å². The molecule has 6 nitrogen and oxygen atoms in total. The Morgan fingerprint density at radius 3 is 2.38 bits per heavy atom. The zero-order valence-electron chi connectivity index (χ0n) is 13.1. The van der Waals surface area contributed by atoms with Gasteiger partial charge in [0.15, 0.2) is 0 Å². The highest BCUT2D eigenvalue weighted by molar-refractivity contribution is 7.47. The molecule has 0 aliphatic rings. The molecule has 0 aromatic heterocycles. The van der Waals surface area contributed by atoms with Crippen molar-refractivity contribution in [2.75, 3.05) is 0 Å². The highest BCUT2D eigenvalue weighted by atomic mass is 35.5. The van der Waals surface area contributed by atoms with E-state index in [2.05, 4.69) is 0 Å². The van der Waals surface area contributed by atoms with Crippen LogP contribution < -0.4 is 10.0 Å². The van der Waals surface area contributed by atoms with E-state index in [0.29, 0.717) is 11.6 Å². The van der Waals surface area contributed by atoms with Gasteiger partial charge >= 0.3 is 25.2 Å². The van der Waals surface area contributed by atoms with Crippen LogP contribution >= 0.6 is 19.6 Å². The number of nitro benzene ring substituents is 1. The topological polar surface area (TPSA) is 89.7 Å². The van der Waals surface area contributed by atoms with Crippen molar-refractivity contribution in [3.63, 3.8) is 0 Å². The van der Waals surface area contributed by atoms with E-state index in [4.69, 9.17) is 16.3 Å². The van der Waals surface area contributed by atoms with E-state index in [1.807, 2.05) is 0 Å². The van der Waals surface area contributed by atoms with Crippen LogP contribution in [0.5, 0.6) is 11.5 Å². The molecule has 0 saturated carbocycles. The van der Waals surface area contributed by atoms with Crippen molar-refractivity contribution in [2.24, 2.45) is 0 Å². The normalized spacial score (nSPS) is 12.0. The number of hydrogen-bond acceptors (Lipinski definition) is 4. The molecule has 138 valence electrons. The van der Waals surface area contributed by atoms with Gasteiger partial charge in [0.25, 0.3) is 0 Å². The first kappa shape index (κ1) is 20.1. The Kier molecular flexibility index (Phi) is 5.85. The maximum Gasteiger partial charge on any atom is 0.553 e. The number of rotatable bonds is 5. The summed E-state index contributed by atoms with van der Waals surface area (Å²) in [6.45, 7) is 1.67. The lowest BCUT2D eigenvalue weighted by molar-refractivity contribution is -0.383. The molecule has 1 atom stereocenters. The van der Waals surface area contributed by atoms with E-state index < -0.39 is 35.7 Å². The number of nitrogens with zero attached hydrogens (tertiary/aromatic N) is 1. The quantitative estimate of drug-likeness (QED) is 0.428. The fraction of sp³-hybridized carbons (Fsp3) is 0.200. The molecule has 0 aliphatic heterocycles. The van der Waals surface area contributed by atoms with Crippen molar-refractivity contribution < 1.29 is 32.3 Å². The number of alkyl halides is 3. The van der Waals surface area contributed by atoms with E-state index in [1.54, 1.807) is 6.92 Å². The zero-order chi connectivity index (χ0) is 19.6. The van der Waals surface area contributed by atoms with Crippen LogP contribution in [0.4, 0.5) is 18.9 Å². The first-order chi connectivity index (χ1) is 12.0. The molecule has 1 N–H and O–H groups in total. The van der Waals surface area contributed by atoms with Crippen molar-refractivity contribution in [1.82, 2.24) is 0 Å². The van der Waals surface area contributed by atoms with Crippen LogP contribution in [0.2, 0.25) is 5.02 Å². The third-order valence-electron chi connectivity index (χ3n) is 3.42. The monoisotopic (exact) mass is 408 g/mol. The molecule has 0 amide bonds. The summed E-state index contributed by atoms with van der Waals surface area (Å²) >= 11 is 5.82. The zero-order valence-corrected chi connectivity index (χ0v) is 14.7. The molecule has 11 heteroatoms. The summed E-state index contributed by atoms with van der Waals surface area (Å²) in [5, 5.41) is 10.3. The van der Waals surface area contributed by atoms with Crippen molar-refractivity contribution in [3.8, 4) is 11.5 Å². The summed E-state index contributed by atoms with van der Waals surface area (Å²) in [7, 11) is -3.04. The number of halogens is 4. The predicted molar refractivity (Wildman–Crippen MR) is 88.5 cm³/mol. The third-order valence-corrected chi connectivity index (χ3v) is 4.49. The lowest BCUT2D eigenvalue weighted by atomic mass is 10.1. The van der Waals surface area contributed by atoms with Crippen molar-refractivity contribution in [3.05, 3.63) is 56.6 Å². The Balaban J connectivity index is 2.51. The summed E-state index contributed by atoms with van der Waals surface area (Å²) in [6, 6.07) is 4.56. The van der Waals surface area contributed by atoms with Crippen LogP contribution in [0.3, 0.4) is 0 Å². The first-order valence-electron chi connectivity index (χ1n) is 7.06. The second-order valence-electron chi connectivity index (χ2n) is 5.08. The van der Waals surface area contributed by atoms with Crippen LogP contribution in [0.1, 0.15) is 18.1 Å². The molecule has 2 aromatic rings. The fourth-order valence-electron chi connectivity index (χ4n) is 2.15. The van der Waals surface area contributed by atoms with Gasteiger partial charge in [0.2, 0.25) is 0 Å². The summed E-state index contributed by atoms with van der Waals surface area (Å²) in [4.78, 5) is 19.5. The van der Waals surface area contributed by atoms with Gasteiger partial charge in [0, 0.05) is 17.7 Å². The predicted octanol–water partition coefficient (Wildman–Crippen LogP) is 4.98. The van der Waals surface area contributed by atoms with Gasteiger partial charge in [-0.25, -0.2) is 0 Å². The van der Waals surface area contributed by atoms with Crippen LogP contribution in [-0.4, -0.2) is 9.82 Å². The van der Waals surface area contributed by atoms with E-state index in [-0.39, 0.29) is 22.9 Å². The Morgan fingerprint density at radius 2 is 1.92 bits per heavy atom. The molecule has 0 heterocycles. The molecule has 26 heavy (non-hydrogen) atoms. The minimum absolute atomic E-state index is 0.00726. The van der Waals surface area contributed by atoms with Crippen molar-refractivity contribution in [2.45, 2.75) is 19.5 Å². The fourth-order valence-corrected chi connectivity index (χ4v) is 2.94. The number of aryl methyl sites for hydroxylation is 1. The Morgan fingerprint density at radius 1 is 1.27 bits per heavy atom. The molecule has 0 radical (unpaired) electrons. The smallest absolute Gasteiger partial charge is 0.455 e. The molecule has 0 aliphatic carbocycles. The number of nitro groups is 1. The molecule has 0 spiro atoms. The summed E-state index contributed by atoms with van der Waals surface area (Å²) in [5.41, 5.74) is -1.18. The summed E-state index contributed by atoms with van der Waals surface area (Å²) < 4.78 is 54.9. The molecule has 2 aromatic carbocycles. The van der Waals surface area contributed by atoms with Gasteiger partial charge in [0.1, 0.15) is 11.5 Å². The highest BCUT2D eigenvalue weighted by Gasteiger charge is 2.33. The van der Waals surface area contributed by atoms with Crippen LogP contribution in [-0.2, 0) is 17.2 Å². The molecule has 0 fully saturated rings. The van der Waals surface area contributed by atoms with E-state index in [9.17, 15) is 32.7 Å². The Labute approximate surface area is 151 Å². The molecule has 2 rings (SSSR count). The average Bonchev–Trinajstić information content (AvgIpc) is 2.54. The van der Waals surface area contributed by atoms with Gasteiger partial charge in [-0.2, -0.15) is 18.1 Å². The standard InChI is InChI=1S/C15H10ClF3NO5P/c1-2-8-5-11(20(21)22)14(26(23)24)7-13(8)25-12-4-3-9(6-10(12)16)15(17,18)19/h3-7H,2H2,1H3/p+1. The van der Waals surface area contributed by atoms with Crippen LogP contribution in [0.15, 0.2) is 30.3 Å². The number of ether oxygens (including phenoxy) is 1. The van der Waals surface area contributed by atoms with Crippen LogP contribution in [0.25, 0.3) is 0 Å². The van der Waals surface area contributed by atoms with Gasteiger partial charge in [-0.1, -0.05) is 18.5 Å². The first-order valence-corrected chi connectivity index (χ1v) is 8.65. The molecular formula is C15H11ClF3NO5P+. The number of hydrogen-bond donors (Lipinski definition) is 1. The third kappa shape index (κ3) is 4.30. The maximum absolute atomic E-state index is 12.7. The lowest BCUT2D eigenvalue weighted by Crippen LogP contribution is -2.08. The average molecular weight is 409 g/mol. The number of benzene rings is 2. The second kappa shape index (κ2) is 7.57. The van der Waals surface area contributed by atoms with Gasteiger partial charge < -0.3 is 4.74 Å². The van der Waals surface area contributed by atoms with E-state index >= 15 is 0 Å². The Hall–Kier alpha value is -2.22. The maximum atomic E-state index is 12.7. The summed E-state index contributed by atoms with van der Waals surface area (Å²) in [5.74, 6) is -0.130. The van der Waals surface area contributed by atoms with Gasteiger partial charge in [-0.05, 0) is 29.2 Å². The Bertz CT molecular complexity index is 888. The van der Waals surface area contributed by atoms with Gasteiger partial charge in [0.05, 0.1) is 15.5 Å². The summed E-state index contributed by atoms with van der Waals surface area (Å²) in [6.07, 6.45) is -4.30. The minimum Gasteiger partial charge on any atom is -0.455 e. The van der Waals surface area contributed by atoms with E-state index in [1.165, 1.54) is 0 Å². The SMILES string of the molecule is CCc1cc([N+](=O)[O-])c([P+](=O)O)cc1Oc1ccc(C(F)(F)F)cc1Cl. The van der Waals surface area contributed by atoms with Crippen molar-refractivity contribution in [1.29, 1.82) is 0 Å². The molecular weight excluding hydrogens is 398 g/mol. The van der Waals surface area contributed by atoms with Crippen molar-refractivity contribution >= 4 is 30.6 Å². The van der Waals surface area contributed by atoms with E-state index in [0.717, 1.165) is 24.3 Å². The lowest BCUT2D eigenvalue weighted by Gasteiger charge is -2.13. The minimum atomic E-state index is -4.58. The largest absolute Gasteiger partial charge is 0.553 e. The van der Waals surface area contributed by atoms with Gasteiger partial charge in [-0.3, -0.25) is 10.1 Å². The molecule has 1 unspecified atom stereocenters. The molecule has 0 bridgehead atoms. The molecule has 0 saturated heterocycles. The highest BCUT2D eigenvalue weighted by Crippen LogP contribution is 2.38. The van der Waals surface area contributed by atoms with Crippen LogP contribution in [0, 0.1) is 10.1 Å². The second-order valence-corrected chi connectivity index (χ2v) is 6.51.